The van der Waals surface area contributed by atoms with Gasteiger partial charge in [0.05, 0.1) is 0 Å². The van der Waals surface area contributed by atoms with Crippen molar-refractivity contribution in [2.24, 2.45) is 5.92 Å². The quantitative estimate of drug-likeness (QED) is 0.771. The number of sulfone groups is 1. The monoisotopic (exact) mass is 308 g/mol. The van der Waals surface area contributed by atoms with Gasteiger partial charge in [-0.05, 0) is 18.9 Å². The smallest absolute Gasteiger partial charge is 0.164 e. The van der Waals surface area contributed by atoms with Crippen LogP contribution in [0.3, 0.4) is 0 Å². The number of thioether (sulfide) groups is 1. The van der Waals surface area contributed by atoms with Crippen molar-refractivity contribution >= 4 is 21.6 Å². The van der Waals surface area contributed by atoms with Gasteiger partial charge in [-0.2, -0.15) is 11.8 Å². The van der Waals surface area contributed by atoms with Gasteiger partial charge in [0.15, 0.2) is 9.84 Å². The van der Waals surface area contributed by atoms with Crippen molar-refractivity contribution in [2.75, 3.05) is 37.4 Å². The first-order chi connectivity index (χ1) is 8.86. The molecule has 0 saturated carbocycles. The molecule has 1 aliphatic rings. The third-order valence-electron chi connectivity index (χ3n) is 3.49. The minimum atomic E-state index is -2.99. The van der Waals surface area contributed by atoms with Crippen LogP contribution in [-0.2, 0) is 9.84 Å². The molecule has 19 heavy (non-hydrogen) atoms. The van der Waals surface area contributed by atoms with Gasteiger partial charge in [0, 0.05) is 36.9 Å². The van der Waals surface area contributed by atoms with Crippen LogP contribution >= 0.6 is 11.8 Å². The Kier molecular flexibility index (Phi) is 7.14. The van der Waals surface area contributed by atoms with Gasteiger partial charge >= 0.3 is 0 Å². The van der Waals surface area contributed by atoms with Crippen molar-refractivity contribution in [3.63, 3.8) is 0 Å². The van der Waals surface area contributed by atoms with E-state index in [9.17, 15) is 8.42 Å². The molecule has 0 spiro atoms. The normalized spacial score (nSPS) is 23.7. The van der Waals surface area contributed by atoms with Gasteiger partial charge in [-0.1, -0.05) is 20.8 Å². The minimum Gasteiger partial charge on any atom is -0.315 e. The van der Waals surface area contributed by atoms with Gasteiger partial charge < -0.3 is 5.32 Å². The lowest BCUT2D eigenvalue weighted by Crippen LogP contribution is -2.54. The maximum atomic E-state index is 11.9. The van der Waals surface area contributed by atoms with Crippen molar-refractivity contribution < 1.29 is 8.42 Å². The topological polar surface area (TPSA) is 49.4 Å². The standard InChI is InChI=1S/C13H28N2O2S2/c1-5-12(9-14-8-11(2)3)15-6-7-18-10-13(15)19(4,16)17/h11-14H,5-10H2,1-4H3. The molecule has 1 rings (SSSR count). The fourth-order valence-corrected chi connectivity index (χ4v) is 5.36. The maximum absolute atomic E-state index is 11.9. The van der Waals surface area contributed by atoms with E-state index < -0.39 is 9.84 Å². The van der Waals surface area contributed by atoms with Gasteiger partial charge in [-0.25, -0.2) is 8.42 Å². The highest BCUT2D eigenvalue weighted by Gasteiger charge is 2.34. The predicted molar refractivity (Wildman–Crippen MR) is 84.4 cm³/mol. The highest BCUT2D eigenvalue weighted by molar-refractivity contribution is 8.00. The lowest BCUT2D eigenvalue weighted by Gasteiger charge is -2.39. The third kappa shape index (κ3) is 5.61. The van der Waals surface area contributed by atoms with Gasteiger partial charge in [0.1, 0.15) is 5.37 Å². The highest BCUT2D eigenvalue weighted by atomic mass is 32.2. The molecule has 6 heteroatoms. The number of nitrogens with zero attached hydrogens (tertiary/aromatic N) is 1. The second-order valence-electron chi connectivity index (χ2n) is 5.71. The van der Waals surface area contributed by atoms with Crippen LogP contribution in [0, 0.1) is 5.92 Å². The lowest BCUT2D eigenvalue weighted by molar-refractivity contribution is 0.182. The molecule has 114 valence electrons. The van der Waals surface area contributed by atoms with E-state index in [4.69, 9.17) is 0 Å². The van der Waals surface area contributed by atoms with Crippen LogP contribution in [0.15, 0.2) is 0 Å². The van der Waals surface area contributed by atoms with Crippen LogP contribution in [0.25, 0.3) is 0 Å². The van der Waals surface area contributed by atoms with E-state index >= 15 is 0 Å². The zero-order valence-electron chi connectivity index (χ0n) is 12.6. The van der Waals surface area contributed by atoms with Crippen LogP contribution in [0.1, 0.15) is 27.2 Å². The average molecular weight is 309 g/mol. The summed E-state index contributed by atoms with van der Waals surface area (Å²) >= 11 is 1.75. The number of nitrogens with one attached hydrogen (secondary N) is 1. The first-order valence-electron chi connectivity index (χ1n) is 7.09. The molecule has 0 amide bonds. The zero-order valence-corrected chi connectivity index (χ0v) is 14.2. The molecule has 0 aliphatic carbocycles. The van der Waals surface area contributed by atoms with Gasteiger partial charge in [0.2, 0.25) is 0 Å². The Balaban J connectivity index is 2.65. The molecule has 2 unspecified atom stereocenters. The summed E-state index contributed by atoms with van der Waals surface area (Å²) in [5.41, 5.74) is 0. The van der Waals surface area contributed by atoms with Gasteiger partial charge in [-0.3, -0.25) is 4.90 Å². The van der Waals surface area contributed by atoms with Crippen molar-refractivity contribution in [1.82, 2.24) is 10.2 Å². The number of hydrogen-bond acceptors (Lipinski definition) is 5. The van der Waals surface area contributed by atoms with Crippen LogP contribution < -0.4 is 5.32 Å². The summed E-state index contributed by atoms with van der Waals surface area (Å²) < 4.78 is 23.8. The molecular formula is C13H28N2O2S2. The van der Waals surface area contributed by atoms with Crippen LogP contribution in [0.4, 0.5) is 0 Å². The molecule has 1 aliphatic heterocycles. The average Bonchev–Trinajstić information content (AvgIpc) is 2.33. The molecule has 0 radical (unpaired) electrons. The minimum absolute atomic E-state index is 0.308. The van der Waals surface area contributed by atoms with E-state index in [0.29, 0.717) is 17.7 Å². The second-order valence-corrected chi connectivity index (χ2v) is 9.06. The Hall–Kier alpha value is 0.220. The summed E-state index contributed by atoms with van der Waals surface area (Å²) in [6.45, 7) is 9.26. The molecule has 0 aromatic heterocycles. The fourth-order valence-electron chi connectivity index (χ4n) is 2.42. The first-order valence-corrected chi connectivity index (χ1v) is 10.2. The highest BCUT2D eigenvalue weighted by Crippen LogP contribution is 2.23. The summed E-state index contributed by atoms with van der Waals surface area (Å²) in [7, 11) is -2.99. The molecule has 4 nitrogen and oxygen atoms in total. The molecule has 1 heterocycles. The largest absolute Gasteiger partial charge is 0.315 e. The van der Waals surface area contributed by atoms with E-state index in [1.165, 1.54) is 6.26 Å². The maximum Gasteiger partial charge on any atom is 0.164 e. The van der Waals surface area contributed by atoms with Gasteiger partial charge in [-0.15, -0.1) is 0 Å². The predicted octanol–water partition coefficient (Wildman–Crippen LogP) is 1.43. The number of hydrogen-bond donors (Lipinski definition) is 1. The fraction of sp³-hybridized carbons (Fsp3) is 1.00. The van der Waals surface area contributed by atoms with E-state index in [0.717, 1.165) is 31.8 Å². The summed E-state index contributed by atoms with van der Waals surface area (Å²) in [6, 6.07) is 0.319. The Morgan fingerprint density at radius 3 is 2.58 bits per heavy atom. The Bertz CT molecular complexity index is 358. The van der Waals surface area contributed by atoms with Crippen LogP contribution in [0.2, 0.25) is 0 Å². The first kappa shape index (κ1) is 17.3. The number of rotatable bonds is 7. The Morgan fingerprint density at radius 2 is 2.05 bits per heavy atom. The molecule has 0 aromatic rings. The third-order valence-corrected chi connectivity index (χ3v) is 6.15. The van der Waals surface area contributed by atoms with Crippen molar-refractivity contribution in [3.05, 3.63) is 0 Å². The summed E-state index contributed by atoms with van der Waals surface area (Å²) in [6.07, 6.45) is 2.35. The van der Waals surface area contributed by atoms with Crippen molar-refractivity contribution in [3.8, 4) is 0 Å². The van der Waals surface area contributed by atoms with Crippen molar-refractivity contribution in [1.29, 1.82) is 0 Å². The van der Waals surface area contributed by atoms with E-state index in [-0.39, 0.29) is 5.37 Å². The van der Waals surface area contributed by atoms with E-state index in [1.807, 2.05) is 0 Å². The molecule has 1 N–H and O–H groups in total. The SMILES string of the molecule is CCC(CNCC(C)C)N1CCSCC1S(C)(=O)=O. The molecule has 0 bridgehead atoms. The molecular weight excluding hydrogens is 280 g/mol. The zero-order chi connectivity index (χ0) is 14.5. The molecule has 0 aromatic carbocycles. The lowest BCUT2D eigenvalue weighted by atomic mass is 10.1. The Morgan fingerprint density at radius 1 is 1.37 bits per heavy atom. The van der Waals surface area contributed by atoms with Crippen molar-refractivity contribution in [2.45, 2.75) is 38.6 Å². The summed E-state index contributed by atoms with van der Waals surface area (Å²) in [5, 5.41) is 3.15. The van der Waals surface area contributed by atoms with Crippen LogP contribution in [0.5, 0.6) is 0 Å². The summed E-state index contributed by atoms with van der Waals surface area (Å²) in [5.74, 6) is 2.37. The van der Waals surface area contributed by atoms with Gasteiger partial charge in [0.25, 0.3) is 0 Å². The molecule has 2 atom stereocenters. The second kappa shape index (κ2) is 7.86. The van der Waals surface area contributed by atoms with E-state index in [1.54, 1.807) is 11.8 Å². The molecule has 1 saturated heterocycles. The molecule has 1 fully saturated rings. The summed E-state index contributed by atoms with van der Waals surface area (Å²) in [4.78, 5) is 2.19. The Labute approximate surface area is 122 Å². The van der Waals surface area contributed by atoms with E-state index in [2.05, 4.69) is 31.0 Å². The van der Waals surface area contributed by atoms with Crippen LogP contribution in [-0.4, -0.2) is 62.1 Å².